The fourth-order valence-electron chi connectivity index (χ4n) is 9.51. The number of rotatable bonds is 33. The number of nitrogens with zero attached hydrogens (tertiary/aromatic N) is 3. The van der Waals surface area contributed by atoms with Crippen molar-refractivity contribution in [1.29, 1.82) is 0 Å². The third kappa shape index (κ3) is 19.2. The fourth-order valence-corrected chi connectivity index (χ4v) is 9.51. The van der Waals surface area contributed by atoms with Gasteiger partial charge >= 0.3 is 5.97 Å². The Morgan fingerprint density at radius 2 is 1.57 bits per heavy atom. The molecule has 69 heavy (non-hydrogen) atoms. The van der Waals surface area contributed by atoms with Crippen LogP contribution in [0.3, 0.4) is 0 Å². The highest BCUT2D eigenvalue weighted by molar-refractivity contribution is 5.90. The molecule has 7 N–H and O–H groups in total. The molecule has 1 saturated heterocycles. The minimum Gasteiger partial charge on any atom is -0.508 e. The number of hydrogen-bond donors (Lipinski definition) is 6. The number of aromatic hydroxyl groups is 1. The number of hydrogen-bond acceptors (Lipinski definition) is 12. The van der Waals surface area contributed by atoms with Crippen molar-refractivity contribution in [1.82, 2.24) is 30.7 Å². The number of nitrogens with two attached hydrogens (primary N) is 1. The topological polar surface area (TPSA) is 250 Å². The van der Waals surface area contributed by atoms with Crippen LogP contribution in [0.25, 0.3) is 0 Å². The summed E-state index contributed by atoms with van der Waals surface area (Å²) < 4.78 is 11.9. The van der Waals surface area contributed by atoms with Crippen molar-refractivity contribution < 1.29 is 53.2 Å². The van der Waals surface area contributed by atoms with Gasteiger partial charge in [-0.15, -0.1) is 0 Å². The molecule has 2 rings (SSSR count). The largest absolute Gasteiger partial charge is 0.508 e. The molecule has 18 heteroatoms. The molecule has 0 aromatic heterocycles. The lowest BCUT2D eigenvalue weighted by atomic mass is 9.89. The van der Waals surface area contributed by atoms with Crippen LogP contribution in [0, 0.1) is 23.7 Å². The van der Waals surface area contributed by atoms with E-state index in [1.165, 1.54) is 26.4 Å². The third-order valence-electron chi connectivity index (χ3n) is 13.7. The standard InChI is InChI=1S/C51H87N7O11/c1-12-34(6)46(41(68-10)30-43(62)58-28-18-20-40(58)47(69-11)35(7)48(63)54-39(51(66)67)29-36-22-24-38(60)25-23-36)57(9)50(65)44(32(2)3)55-49(64)45(33(4)5)56(8)27-17-13-14-21-42(61)53-26-16-15-19-37(52)31-59/h22-25,31-35,37,39-41,44-47,60H,12-21,26-30,52H2,1-11H3,(H,53,61)(H,54,63)(H,55,64)(H,66,67)/t34-,35?,37?,39-,40?,41?,44-,45?,46-,47+/m0/s1. The Kier molecular flexibility index (Phi) is 27.0. The average molecular weight is 974 g/mol. The normalized spacial score (nSPS) is 17.8. The number of nitrogens with one attached hydrogen (secondary N) is 3. The molecular formula is C51H87N7O11. The molecule has 10 atom stereocenters. The number of phenols is 1. The van der Waals surface area contributed by atoms with E-state index in [4.69, 9.17) is 15.2 Å². The maximum absolute atomic E-state index is 14.6. The van der Waals surface area contributed by atoms with E-state index in [0.29, 0.717) is 63.7 Å². The summed E-state index contributed by atoms with van der Waals surface area (Å²) in [4.78, 5) is 97.2. The van der Waals surface area contributed by atoms with Gasteiger partial charge in [-0.3, -0.25) is 28.9 Å². The van der Waals surface area contributed by atoms with Crippen molar-refractivity contribution in [2.45, 2.75) is 174 Å². The summed E-state index contributed by atoms with van der Waals surface area (Å²) in [6.45, 7) is 15.0. The first-order chi connectivity index (χ1) is 32.6. The van der Waals surface area contributed by atoms with Crippen molar-refractivity contribution in [3.8, 4) is 5.75 Å². The van der Waals surface area contributed by atoms with Gasteiger partial charge in [0.15, 0.2) is 0 Å². The minimum atomic E-state index is -1.23. The molecule has 1 aliphatic rings. The summed E-state index contributed by atoms with van der Waals surface area (Å²) in [5.74, 6) is -3.76. The number of carboxylic acids is 1. The highest BCUT2D eigenvalue weighted by Gasteiger charge is 2.43. The SMILES string of the molecule is CC[C@H](C)[C@@H](C(CC(=O)N1CCCC1[C@H](OC)C(C)C(=O)N[C@@H](Cc1ccc(O)cc1)C(=O)O)OC)N(C)C(=O)[C@@H](NC(=O)C(C(C)C)N(C)CCCCCC(=O)NCCCCC(N)C=O)C(C)C. The third-order valence-corrected chi connectivity index (χ3v) is 13.7. The van der Waals surface area contributed by atoms with Gasteiger partial charge in [0.2, 0.25) is 29.5 Å². The highest BCUT2D eigenvalue weighted by Crippen LogP contribution is 2.30. The van der Waals surface area contributed by atoms with Crippen LogP contribution in [-0.2, 0) is 49.5 Å². The van der Waals surface area contributed by atoms with Gasteiger partial charge in [-0.25, -0.2) is 4.79 Å². The maximum atomic E-state index is 14.6. The molecule has 0 bridgehead atoms. The molecule has 5 amide bonds. The lowest BCUT2D eigenvalue weighted by molar-refractivity contribution is -0.148. The van der Waals surface area contributed by atoms with E-state index in [2.05, 4.69) is 16.0 Å². The van der Waals surface area contributed by atoms with Gasteiger partial charge in [0.25, 0.3) is 0 Å². The van der Waals surface area contributed by atoms with E-state index in [0.717, 1.165) is 32.0 Å². The monoisotopic (exact) mass is 974 g/mol. The van der Waals surface area contributed by atoms with Crippen molar-refractivity contribution in [3.63, 3.8) is 0 Å². The summed E-state index contributed by atoms with van der Waals surface area (Å²) in [6.07, 6.45) is 5.94. The Hall–Kier alpha value is -4.65. The summed E-state index contributed by atoms with van der Waals surface area (Å²) in [5, 5.41) is 28.2. The number of carbonyl (C=O) groups excluding carboxylic acids is 6. The molecule has 0 saturated carbocycles. The molecule has 392 valence electrons. The molecule has 5 unspecified atom stereocenters. The van der Waals surface area contributed by atoms with Crippen molar-refractivity contribution in [2.24, 2.45) is 29.4 Å². The Morgan fingerprint density at radius 3 is 2.13 bits per heavy atom. The summed E-state index contributed by atoms with van der Waals surface area (Å²) in [6, 6.07) is 1.99. The molecular weight excluding hydrogens is 887 g/mol. The number of ether oxygens (including phenoxy) is 2. The first-order valence-corrected chi connectivity index (χ1v) is 25.0. The summed E-state index contributed by atoms with van der Waals surface area (Å²) in [5.41, 5.74) is 6.24. The van der Waals surface area contributed by atoms with E-state index in [9.17, 15) is 43.8 Å². The maximum Gasteiger partial charge on any atom is 0.326 e. The van der Waals surface area contributed by atoms with E-state index >= 15 is 0 Å². The molecule has 0 spiro atoms. The fraction of sp³-hybridized carbons (Fsp3) is 0.745. The predicted octanol–water partition coefficient (Wildman–Crippen LogP) is 3.89. The number of benzene rings is 1. The number of methoxy groups -OCH3 is 2. The lowest BCUT2D eigenvalue weighted by Gasteiger charge is -2.41. The number of aldehydes is 1. The number of carbonyl (C=O) groups is 7. The van der Waals surface area contributed by atoms with Gasteiger partial charge < -0.3 is 56.0 Å². The summed E-state index contributed by atoms with van der Waals surface area (Å²) in [7, 11) is 6.58. The number of likely N-dealkylation sites (tertiary alicyclic amines) is 1. The Labute approximate surface area is 411 Å². The average Bonchev–Trinajstić information content (AvgIpc) is 3.79. The Bertz CT molecular complexity index is 1770. The van der Waals surface area contributed by atoms with Crippen molar-refractivity contribution in [3.05, 3.63) is 29.8 Å². The number of aliphatic carboxylic acids is 1. The number of likely N-dealkylation sites (N-methyl/N-ethyl adjacent to an activating group) is 2. The zero-order chi connectivity index (χ0) is 52.0. The van der Waals surface area contributed by atoms with Gasteiger partial charge in [-0.05, 0) is 94.0 Å². The summed E-state index contributed by atoms with van der Waals surface area (Å²) >= 11 is 0. The predicted molar refractivity (Wildman–Crippen MR) is 265 cm³/mol. The minimum absolute atomic E-state index is 0.00271. The van der Waals surface area contributed by atoms with Crippen LogP contribution in [0.5, 0.6) is 5.75 Å². The molecule has 1 aromatic rings. The highest BCUT2D eigenvalue weighted by atomic mass is 16.5. The quantitative estimate of drug-likeness (QED) is 0.0433. The first-order valence-electron chi connectivity index (χ1n) is 25.0. The van der Waals surface area contributed by atoms with E-state index in [-0.39, 0.29) is 60.0 Å². The van der Waals surface area contributed by atoms with Crippen LogP contribution in [0.15, 0.2) is 24.3 Å². The van der Waals surface area contributed by atoms with Gasteiger partial charge in [-0.2, -0.15) is 0 Å². The molecule has 1 aliphatic heterocycles. The van der Waals surface area contributed by atoms with Crippen LogP contribution in [0.1, 0.15) is 125 Å². The van der Waals surface area contributed by atoms with Crippen LogP contribution >= 0.6 is 0 Å². The molecule has 0 aliphatic carbocycles. The lowest BCUT2D eigenvalue weighted by Crippen LogP contribution is -2.60. The number of carboxylic acid groups (broad SMARTS) is 1. The number of amides is 5. The molecule has 1 heterocycles. The van der Waals surface area contributed by atoms with E-state index in [1.807, 2.05) is 53.5 Å². The second-order valence-electron chi connectivity index (χ2n) is 19.7. The second-order valence-corrected chi connectivity index (χ2v) is 19.7. The van der Waals surface area contributed by atoms with Crippen LogP contribution in [0.2, 0.25) is 0 Å². The zero-order valence-electron chi connectivity index (χ0n) is 43.4. The second kappa shape index (κ2) is 30.8. The first kappa shape index (κ1) is 60.5. The van der Waals surface area contributed by atoms with Crippen molar-refractivity contribution >= 4 is 41.8 Å². The van der Waals surface area contributed by atoms with Gasteiger partial charge in [0, 0.05) is 47.2 Å². The van der Waals surface area contributed by atoms with Crippen LogP contribution in [0.4, 0.5) is 0 Å². The van der Waals surface area contributed by atoms with E-state index in [1.54, 1.807) is 35.9 Å². The zero-order valence-corrected chi connectivity index (χ0v) is 43.4. The van der Waals surface area contributed by atoms with Crippen LogP contribution < -0.4 is 21.7 Å². The Morgan fingerprint density at radius 1 is 0.899 bits per heavy atom. The number of phenolic OH excluding ortho intramolecular Hbond substituents is 1. The number of unbranched alkanes of at least 4 members (excludes halogenated alkanes) is 3. The molecule has 1 fully saturated rings. The smallest absolute Gasteiger partial charge is 0.326 e. The van der Waals surface area contributed by atoms with Crippen molar-refractivity contribution in [2.75, 3.05) is 47.9 Å². The van der Waals surface area contributed by atoms with Gasteiger partial charge in [0.05, 0.1) is 48.7 Å². The molecule has 1 aromatic carbocycles. The van der Waals surface area contributed by atoms with E-state index < -0.39 is 66.3 Å². The molecule has 0 radical (unpaired) electrons. The van der Waals surface area contributed by atoms with Gasteiger partial charge in [0.1, 0.15) is 24.1 Å². The van der Waals surface area contributed by atoms with Crippen LogP contribution in [-0.4, -0.2) is 163 Å². The van der Waals surface area contributed by atoms with Gasteiger partial charge in [-0.1, -0.05) is 73.4 Å². The Balaban J connectivity index is 2.13. The molecule has 18 nitrogen and oxygen atoms in total.